The van der Waals surface area contributed by atoms with Gasteiger partial charge in [0.2, 0.25) is 0 Å². The molecule has 4 heteroatoms. The van der Waals surface area contributed by atoms with Crippen LogP contribution in [0, 0.1) is 0 Å². The number of hydrogen-bond donors (Lipinski definition) is 1. The van der Waals surface area contributed by atoms with Crippen LogP contribution in [0.2, 0.25) is 5.02 Å². The Morgan fingerprint density at radius 3 is 2.81 bits per heavy atom. The van der Waals surface area contributed by atoms with Gasteiger partial charge in [0.25, 0.3) is 0 Å². The first kappa shape index (κ1) is 13.0. The van der Waals surface area contributed by atoms with Crippen LogP contribution in [-0.4, -0.2) is 19.1 Å². The van der Waals surface area contributed by atoms with E-state index in [1.807, 2.05) is 24.3 Å². The number of hydrogen-bond acceptors (Lipinski definition) is 3. The van der Waals surface area contributed by atoms with Gasteiger partial charge in [-0.05, 0) is 24.5 Å². The molecule has 0 aliphatic carbocycles. The molecule has 0 heterocycles. The molecule has 0 fully saturated rings. The zero-order valence-corrected chi connectivity index (χ0v) is 10.0. The summed E-state index contributed by atoms with van der Waals surface area (Å²) < 4.78 is 4.55. The monoisotopic (exact) mass is 241 g/mol. The lowest BCUT2D eigenvalue weighted by Crippen LogP contribution is -2.24. The standard InChI is InChI=1S/C12H16ClNO2/c1-16-12(15)7-6-10(14)8-9-4-2-3-5-11(9)13/h2-5,10H,6-8,14H2,1H3. The van der Waals surface area contributed by atoms with E-state index in [9.17, 15) is 4.79 Å². The van der Waals surface area contributed by atoms with Gasteiger partial charge < -0.3 is 10.5 Å². The number of benzene rings is 1. The Hall–Kier alpha value is -1.06. The van der Waals surface area contributed by atoms with Crippen LogP contribution < -0.4 is 5.73 Å². The SMILES string of the molecule is COC(=O)CCC(N)Cc1ccccc1Cl. The van der Waals surface area contributed by atoms with E-state index in [0.29, 0.717) is 19.3 Å². The molecule has 16 heavy (non-hydrogen) atoms. The lowest BCUT2D eigenvalue weighted by atomic mass is 10.0. The van der Waals surface area contributed by atoms with Crippen LogP contribution >= 0.6 is 11.6 Å². The fraction of sp³-hybridized carbons (Fsp3) is 0.417. The minimum Gasteiger partial charge on any atom is -0.469 e. The molecule has 1 aromatic rings. The first-order chi connectivity index (χ1) is 7.63. The highest BCUT2D eigenvalue weighted by Gasteiger charge is 2.09. The molecule has 88 valence electrons. The zero-order chi connectivity index (χ0) is 12.0. The Morgan fingerprint density at radius 2 is 2.19 bits per heavy atom. The van der Waals surface area contributed by atoms with Gasteiger partial charge in [-0.15, -0.1) is 0 Å². The quantitative estimate of drug-likeness (QED) is 0.804. The Kier molecular flexibility index (Phi) is 5.29. The first-order valence-corrected chi connectivity index (χ1v) is 5.57. The molecule has 1 rings (SSSR count). The summed E-state index contributed by atoms with van der Waals surface area (Å²) in [5.74, 6) is -0.227. The van der Waals surface area contributed by atoms with Crippen LogP contribution in [0.15, 0.2) is 24.3 Å². The number of carbonyl (C=O) groups excluding carboxylic acids is 1. The number of ether oxygens (including phenoxy) is 1. The number of halogens is 1. The molecular weight excluding hydrogens is 226 g/mol. The van der Waals surface area contributed by atoms with E-state index in [2.05, 4.69) is 4.74 Å². The number of carbonyl (C=O) groups is 1. The number of methoxy groups -OCH3 is 1. The summed E-state index contributed by atoms with van der Waals surface area (Å²) >= 11 is 6.01. The molecule has 0 spiro atoms. The third kappa shape index (κ3) is 4.21. The highest BCUT2D eigenvalue weighted by atomic mass is 35.5. The molecule has 1 aromatic carbocycles. The van der Waals surface area contributed by atoms with Crippen LogP contribution in [-0.2, 0) is 16.0 Å². The van der Waals surface area contributed by atoms with Crippen LogP contribution in [0.5, 0.6) is 0 Å². The Morgan fingerprint density at radius 1 is 1.50 bits per heavy atom. The van der Waals surface area contributed by atoms with Crippen molar-refractivity contribution in [2.75, 3.05) is 7.11 Å². The Balaban J connectivity index is 2.43. The third-order valence-electron chi connectivity index (χ3n) is 2.39. The van der Waals surface area contributed by atoms with E-state index >= 15 is 0 Å². The highest BCUT2D eigenvalue weighted by Crippen LogP contribution is 2.17. The van der Waals surface area contributed by atoms with E-state index < -0.39 is 0 Å². The van der Waals surface area contributed by atoms with Crippen molar-refractivity contribution in [3.8, 4) is 0 Å². The predicted octanol–water partition coefficient (Wildman–Crippen LogP) is 2.16. The fourth-order valence-electron chi connectivity index (χ4n) is 1.45. The van der Waals surface area contributed by atoms with E-state index in [1.54, 1.807) is 0 Å². The highest BCUT2D eigenvalue weighted by molar-refractivity contribution is 6.31. The lowest BCUT2D eigenvalue weighted by molar-refractivity contribution is -0.140. The first-order valence-electron chi connectivity index (χ1n) is 5.19. The predicted molar refractivity (Wildman–Crippen MR) is 64.4 cm³/mol. The smallest absolute Gasteiger partial charge is 0.305 e. The van der Waals surface area contributed by atoms with Gasteiger partial charge in [0.05, 0.1) is 7.11 Å². The molecule has 3 nitrogen and oxygen atoms in total. The molecule has 1 unspecified atom stereocenters. The largest absolute Gasteiger partial charge is 0.469 e. The van der Waals surface area contributed by atoms with Gasteiger partial charge in [-0.25, -0.2) is 0 Å². The van der Waals surface area contributed by atoms with E-state index in [0.717, 1.165) is 10.6 Å². The molecule has 0 saturated carbocycles. The normalized spacial score (nSPS) is 12.2. The summed E-state index contributed by atoms with van der Waals surface area (Å²) in [4.78, 5) is 10.9. The summed E-state index contributed by atoms with van der Waals surface area (Å²) in [5.41, 5.74) is 6.93. The van der Waals surface area contributed by atoms with Crippen molar-refractivity contribution in [2.24, 2.45) is 5.73 Å². The maximum absolute atomic E-state index is 10.9. The van der Waals surface area contributed by atoms with Gasteiger partial charge in [0.1, 0.15) is 0 Å². The summed E-state index contributed by atoms with van der Waals surface area (Å²) in [6.07, 6.45) is 1.64. The van der Waals surface area contributed by atoms with Crippen molar-refractivity contribution < 1.29 is 9.53 Å². The Labute approximate surface area is 101 Å². The summed E-state index contributed by atoms with van der Waals surface area (Å²) in [6.45, 7) is 0. The van der Waals surface area contributed by atoms with Crippen molar-refractivity contribution >= 4 is 17.6 Å². The molecule has 1 atom stereocenters. The topological polar surface area (TPSA) is 52.3 Å². The second kappa shape index (κ2) is 6.51. The van der Waals surface area contributed by atoms with Crippen LogP contribution in [0.1, 0.15) is 18.4 Å². The van der Waals surface area contributed by atoms with Crippen molar-refractivity contribution in [1.29, 1.82) is 0 Å². The van der Waals surface area contributed by atoms with Crippen LogP contribution in [0.25, 0.3) is 0 Å². The number of esters is 1. The summed E-state index contributed by atoms with van der Waals surface area (Å²) in [6, 6.07) is 7.52. The fourth-order valence-corrected chi connectivity index (χ4v) is 1.67. The van der Waals surface area contributed by atoms with Gasteiger partial charge >= 0.3 is 5.97 Å². The van der Waals surface area contributed by atoms with E-state index in [4.69, 9.17) is 17.3 Å². The Bertz CT molecular complexity index is 355. The number of nitrogens with two attached hydrogens (primary N) is 1. The van der Waals surface area contributed by atoms with Gasteiger partial charge in [0.15, 0.2) is 0 Å². The van der Waals surface area contributed by atoms with E-state index in [-0.39, 0.29) is 12.0 Å². The van der Waals surface area contributed by atoms with Gasteiger partial charge in [0, 0.05) is 17.5 Å². The molecule has 0 bridgehead atoms. The average Bonchev–Trinajstić information content (AvgIpc) is 2.29. The molecule has 2 N–H and O–H groups in total. The zero-order valence-electron chi connectivity index (χ0n) is 9.28. The minimum atomic E-state index is -0.227. The van der Waals surface area contributed by atoms with Crippen LogP contribution in [0.3, 0.4) is 0 Å². The van der Waals surface area contributed by atoms with Gasteiger partial charge in [-0.2, -0.15) is 0 Å². The second-order valence-corrected chi connectivity index (χ2v) is 4.08. The van der Waals surface area contributed by atoms with Crippen molar-refractivity contribution in [2.45, 2.75) is 25.3 Å². The minimum absolute atomic E-state index is 0.0704. The van der Waals surface area contributed by atoms with E-state index in [1.165, 1.54) is 7.11 Å². The van der Waals surface area contributed by atoms with Gasteiger partial charge in [-0.3, -0.25) is 4.79 Å². The molecular formula is C12H16ClNO2. The molecule has 0 aliphatic heterocycles. The van der Waals surface area contributed by atoms with Crippen molar-refractivity contribution in [3.63, 3.8) is 0 Å². The number of rotatable bonds is 5. The molecule has 0 aromatic heterocycles. The third-order valence-corrected chi connectivity index (χ3v) is 2.76. The van der Waals surface area contributed by atoms with Gasteiger partial charge in [-0.1, -0.05) is 29.8 Å². The maximum atomic E-state index is 10.9. The molecule has 0 radical (unpaired) electrons. The molecule has 0 amide bonds. The molecule has 0 saturated heterocycles. The summed E-state index contributed by atoms with van der Waals surface area (Å²) in [7, 11) is 1.38. The lowest BCUT2D eigenvalue weighted by Gasteiger charge is -2.11. The second-order valence-electron chi connectivity index (χ2n) is 3.67. The molecule has 0 aliphatic rings. The van der Waals surface area contributed by atoms with Crippen LogP contribution in [0.4, 0.5) is 0 Å². The van der Waals surface area contributed by atoms with Crippen molar-refractivity contribution in [3.05, 3.63) is 34.9 Å². The average molecular weight is 242 g/mol. The maximum Gasteiger partial charge on any atom is 0.305 e. The summed E-state index contributed by atoms with van der Waals surface area (Å²) in [5, 5.41) is 0.719. The van der Waals surface area contributed by atoms with Crippen molar-refractivity contribution in [1.82, 2.24) is 0 Å².